The van der Waals surface area contributed by atoms with Gasteiger partial charge in [0.05, 0.1) is 10.5 Å². The quantitative estimate of drug-likeness (QED) is 0.933. The van der Waals surface area contributed by atoms with E-state index in [0.29, 0.717) is 10.9 Å². The van der Waals surface area contributed by atoms with E-state index in [2.05, 4.69) is 10.2 Å². The van der Waals surface area contributed by atoms with Gasteiger partial charge in [0, 0.05) is 5.39 Å². The minimum absolute atomic E-state index is 0.271. The van der Waals surface area contributed by atoms with E-state index >= 15 is 0 Å². The molecule has 1 N–H and O–H groups in total. The molecule has 1 heterocycles. The summed E-state index contributed by atoms with van der Waals surface area (Å²) in [7, 11) is 0. The summed E-state index contributed by atoms with van der Waals surface area (Å²) in [5.41, 5.74) is -0.442. The normalized spacial score (nSPS) is 11.7. The van der Waals surface area contributed by atoms with Crippen molar-refractivity contribution < 1.29 is 18.7 Å². The fourth-order valence-electron chi connectivity index (χ4n) is 1.53. The molecule has 0 saturated heterocycles. The van der Waals surface area contributed by atoms with Gasteiger partial charge in [-0.25, -0.2) is 0 Å². The Labute approximate surface area is 105 Å². The van der Waals surface area contributed by atoms with Gasteiger partial charge in [-0.1, -0.05) is 29.8 Å². The SMILES string of the molecule is O=C(O)CC(F)(F)c1nnc2ccccc2c1Cl. The Morgan fingerprint density at radius 1 is 1.33 bits per heavy atom. The predicted molar refractivity (Wildman–Crippen MR) is 60.7 cm³/mol. The highest BCUT2D eigenvalue weighted by Crippen LogP contribution is 2.37. The number of aliphatic carboxylic acids is 1. The van der Waals surface area contributed by atoms with Crippen LogP contribution in [-0.4, -0.2) is 21.3 Å². The first-order valence-corrected chi connectivity index (χ1v) is 5.30. The lowest BCUT2D eigenvalue weighted by Crippen LogP contribution is -2.21. The van der Waals surface area contributed by atoms with Gasteiger partial charge in [-0.05, 0) is 6.07 Å². The van der Waals surface area contributed by atoms with Gasteiger partial charge in [0.1, 0.15) is 6.42 Å². The van der Waals surface area contributed by atoms with Gasteiger partial charge >= 0.3 is 11.9 Å². The number of hydrogen-bond acceptors (Lipinski definition) is 3. The van der Waals surface area contributed by atoms with Gasteiger partial charge < -0.3 is 5.11 Å². The second kappa shape index (κ2) is 4.45. The highest BCUT2D eigenvalue weighted by Gasteiger charge is 2.39. The fraction of sp³-hybridized carbons (Fsp3) is 0.182. The molecule has 0 atom stereocenters. The molecule has 7 heteroatoms. The molecule has 4 nitrogen and oxygen atoms in total. The molecule has 0 fully saturated rings. The second-order valence-corrected chi connectivity index (χ2v) is 4.03. The molecule has 0 aliphatic carbocycles. The Kier molecular flexibility index (Phi) is 3.13. The molecule has 2 aromatic rings. The molecule has 0 unspecified atom stereocenters. The number of nitrogens with zero attached hydrogens (tertiary/aromatic N) is 2. The number of alkyl halides is 2. The molecular formula is C11H7ClF2N2O2. The van der Waals surface area contributed by atoms with E-state index in [9.17, 15) is 13.6 Å². The molecule has 0 radical (unpaired) electrons. The van der Waals surface area contributed by atoms with Crippen LogP contribution < -0.4 is 0 Å². The summed E-state index contributed by atoms with van der Waals surface area (Å²) in [6.45, 7) is 0. The Bertz CT molecular complexity index is 619. The lowest BCUT2D eigenvalue weighted by Gasteiger charge is -2.14. The number of carbonyl (C=O) groups is 1. The van der Waals surface area contributed by atoms with E-state index in [1.165, 1.54) is 6.07 Å². The first kappa shape index (κ1) is 12.6. The summed E-state index contributed by atoms with van der Waals surface area (Å²) >= 11 is 5.83. The fourth-order valence-corrected chi connectivity index (χ4v) is 1.86. The van der Waals surface area contributed by atoms with E-state index in [1.807, 2.05) is 0 Å². The summed E-state index contributed by atoms with van der Waals surface area (Å²) in [5.74, 6) is -5.29. The maximum atomic E-state index is 13.6. The van der Waals surface area contributed by atoms with Crippen LogP contribution in [0.15, 0.2) is 24.3 Å². The standard InChI is InChI=1S/C11H7ClF2N2O2/c12-9-6-3-1-2-4-7(6)15-16-10(9)11(13,14)5-8(17)18/h1-4H,5H2,(H,17,18). The van der Waals surface area contributed by atoms with Crippen LogP contribution in [0.5, 0.6) is 0 Å². The molecule has 0 aliphatic rings. The van der Waals surface area contributed by atoms with E-state index in [0.717, 1.165) is 0 Å². The molecule has 0 aliphatic heterocycles. The zero-order chi connectivity index (χ0) is 13.3. The van der Waals surface area contributed by atoms with Crippen LogP contribution in [0, 0.1) is 0 Å². The number of carboxylic acid groups (broad SMARTS) is 1. The van der Waals surface area contributed by atoms with Gasteiger partial charge in [-0.15, -0.1) is 10.2 Å². The average molecular weight is 273 g/mol. The molecule has 0 saturated carbocycles. The maximum Gasteiger partial charge on any atom is 0.309 e. The van der Waals surface area contributed by atoms with Gasteiger partial charge in [-0.2, -0.15) is 8.78 Å². The molecule has 0 spiro atoms. The van der Waals surface area contributed by atoms with Crippen molar-refractivity contribution in [2.45, 2.75) is 12.3 Å². The minimum Gasteiger partial charge on any atom is -0.481 e. The van der Waals surface area contributed by atoms with E-state index in [1.54, 1.807) is 18.2 Å². The molecule has 1 aromatic carbocycles. The monoisotopic (exact) mass is 272 g/mol. The number of benzene rings is 1. The summed E-state index contributed by atoms with van der Waals surface area (Å²) in [6.07, 6.45) is -1.38. The number of fused-ring (bicyclic) bond motifs is 1. The van der Waals surface area contributed by atoms with Crippen molar-refractivity contribution in [1.82, 2.24) is 10.2 Å². The molecular weight excluding hydrogens is 266 g/mol. The van der Waals surface area contributed by atoms with Crippen LogP contribution in [0.3, 0.4) is 0 Å². The zero-order valence-electron chi connectivity index (χ0n) is 8.90. The minimum atomic E-state index is -3.65. The number of carboxylic acids is 1. The topological polar surface area (TPSA) is 63.1 Å². The number of halogens is 3. The van der Waals surface area contributed by atoms with E-state index < -0.39 is 24.0 Å². The Hall–Kier alpha value is -1.82. The largest absolute Gasteiger partial charge is 0.481 e. The summed E-state index contributed by atoms with van der Waals surface area (Å²) in [4.78, 5) is 10.4. The lowest BCUT2D eigenvalue weighted by molar-refractivity contribution is -0.145. The Morgan fingerprint density at radius 3 is 2.67 bits per heavy atom. The highest BCUT2D eigenvalue weighted by atomic mass is 35.5. The number of rotatable bonds is 3. The van der Waals surface area contributed by atoms with Crippen molar-refractivity contribution in [2.75, 3.05) is 0 Å². The van der Waals surface area contributed by atoms with Gasteiger partial charge in [0.15, 0.2) is 5.69 Å². The van der Waals surface area contributed by atoms with Crippen molar-refractivity contribution in [3.05, 3.63) is 35.0 Å². The first-order valence-electron chi connectivity index (χ1n) is 4.93. The van der Waals surface area contributed by atoms with Gasteiger partial charge in [0.2, 0.25) is 0 Å². The van der Waals surface area contributed by atoms with Crippen molar-refractivity contribution >= 4 is 28.5 Å². The van der Waals surface area contributed by atoms with Crippen LogP contribution in [0.2, 0.25) is 5.02 Å². The molecule has 94 valence electrons. The van der Waals surface area contributed by atoms with Crippen molar-refractivity contribution in [3.63, 3.8) is 0 Å². The van der Waals surface area contributed by atoms with Crippen LogP contribution in [-0.2, 0) is 10.7 Å². The third-order valence-electron chi connectivity index (χ3n) is 2.33. The third kappa shape index (κ3) is 2.24. The lowest BCUT2D eigenvalue weighted by atomic mass is 10.1. The Balaban J connectivity index is 2.58. The van der Waals surface area contributed by atoms with E-state index in [-0.39, 0.29) is 5.02 Å². The first-order chi connectivity index (χ1) is 8.42. The molecule has 1 aromatic heterocycles. The molecule has 2 rings (SSSR count). The smallest absolute Gasteiger partial charge is 0.309 e. The van der Waals surface area contributed by atoms with Crippen LogP contribution in [0.25, 0.3) is 10.9 Å². The van der Waals surface area contributed by atoms with Gasteiger partial charge in [-0.3, -0.25) is 4.79 Å². The summed E-state index contributed by atoms with van der Waals surface area (Å²) < 4.78 is 27.3. The van der Waals surface area contributed by atoms with Crippen molar-refractivity contribution in [2.24, 2.45) is 0 Å². The van der Waals surface area contributed by atoms with Gasteiger partial charge in [0.25, 0.3) is 0 Å². The highest BCUT2D eigenvalue weighted by molar-refractivity contribution is 6.36. The van der Waals surface area contributed by atoms with Crippen LogP contribution in [0.1, 0.15) is 12.1 Å². The Morgan fingerprint density at radius 2 is 2.00 bits per heavy atom. The van der Waals surface area contributed by atoms with E-state index in [4.69, 9.17) is 16.7 Å². The second-order valence-electron chi connectivity index (χ2n) is 3.65. The molecule has 0 amide bonds. The van der Waals surface area contributed by atoms with Crippen LogP contribution >= 0.6 is 11.6 Å². The predicted octanol–water partition coefficient (Wildman–Crippen LogP) is 2.85. The van der Waals surface area contributed by atoms with Crippen LogP contribution in [0.4, 0.5) is 8.78 Å². The molecule has 18 heavy (non-hydrogen) atoms. The van der Waals surface area contributed by atoms with Crippen molar-refractivity contribution in [1.29, 1.82) is 0 Å². The maximum absolute atomic E-state index is 13.6. The summed E-state index contributed by atoms with van der Waals surface area (Å²) in [6, 6.07) is 6.39. The zero-order valence-corrected chi connectivity index (χ0v) is 9.66. The third-order valence-corrected chi connectivity index (χ3v) is 2.71. The number of aromatic nitrogens is 2. The number of hydrogen-bond donors (Lipinski definition) is 1. The average Bonchev–Trinajstić information content (AvgIpc) is 2.27. The van der Waals surface area contributed by atoms with Crippen molar-refractivity contribution in [3.8, 4) is 0 Å². The summed E-state index contributed by atoms with van der Waals surface area (Å²) in [5, 5.41) is 15.4. The molecule has 0 bridgehead atoms.